The number of nitrogens with two attached hydrogens (primary N) is 1. The first-order chi connectivity index (χ1) is 8.56. The normalized spacial score (nSPS) is 10.6. The van der Waals surface area contributed by atoms with Gasteiger partial charge in [0, 0.05) is 30.9 Å². The maximum absolute atomic E-state index is 6.12. The van der Waals surface area contributed by atoms with Crippen LogP contribution in [0, 0.1) is 0 Å². The molecule has 0 heterocycles. The molecule has 0 amide bonds. The van der Waals surface area contributed by atoms with Crippen molar-refractivity contribution in [1.29, 1.82) is 0 Å². The van der Waals surface area contributed by atoms with E-state index in [1.54, 1.807) is 17.8 Å². The number of thioether (sulfide) groups is 1. The van der Waals surface area contributed by atoms with E-state index in [9.17, 15) is 0 Å². The zero-order valence-electron chi connectivity index (χ0n) is 9.29. The van der Waals surface area contributed by atoms with E-state index >= 15 is 0 Å². The second-order valence-electron chi connectivity index (χ2n) is 3.71. The van der Waals surface area contributed by atoms with Crippen molar-refractivity contribution >= 4 is 56.6 Å². The fraction of sp³-hybridized carbons (Fsp3) is 0.0769. The quantitative estimate of drug-likeness (QED) is 0.565. The lowest BCUT2D eigenvalue weighted by molar-refractivity contribution is 1.36. The summed E-state index contributed by atoms with van der Waals surface area (Å²) < 4.78 is 0.991. The molecule has 0 bridgehead atoms. The van der Waals surface area contributed by atoms with E-state index in [4.69, 9.17) is 28.9 Å². The Kier molecular flexibility index (Phi) is 4.84. The molecule has 2 N–H and O–H groups in total. The Morgan fingerprint density at radius 1 is 1.11 bits per heavy atom. The molecule has 0 unspecified atom stereocenters. The number of nitrogen functional groups attached to an aromatic ring is 1. The molecule has 2 rings (SSSR count). The van der Waals surface area contributed by atoms with E-state index in [1.165, 1.54) is 0 Å². The van der Waals surface area contributed by atoms with Gasteiger partial charge in [0.25, 0.3) is 0 Å². The fourth-order valence-corrected chi connectivity index (χ4v) is 3.55. The van der Waals surface area contributed by atoms with Crippen LogP contribution in [0.15, 0.2) is 45.8 Å². The van der Waals surface area contributed by atoms with E-state index in [0.29, 0.717) is 5.02 Å². The molecular formula is C13H10BrCl2NS. The van der Waals surface area contributed by atoms with Gasteiger partial charge in [0.15, 0.2) is 0 Å². The molecule has 94 valence electrons. The van der Waals surface area contributed by atoms with E-state index < -0.39 is 0 Å². The van der Waals surface area contributed by atoms with Gasteiger partial charge in [-0.3, -0.25) is 0 Å². The summed E-state index contributed by atoms with van der Waals surface area (Å²) in [5.41, 5.74) is 7.47. The number of hydrogen-bond donors (Lipinski definition) is 1. The largest absolute Gasteiger partial charge is 0.399 e. The molecule has 2 aromatic carbocycles. The SMILES string of the molecule is Nc1ccc(SCc2cc(Cl)ccc2Cl)c(Br)c1. The standard InChI is InChI=1S/C13H10BrCl2NS/c14-11-6-10(17)2-4-13(11)18-7-8-5-9(15)1-3-12(8)16/h1-6H,7,17H2. The van der Waals surface area contributed by atoms with Gasteiger partial charge in [-0.1, -0.05) is 23.2 Å². The van der Waals surface area contributed by atoms with Crippen molar-refractivity contribution in [3.05, 3.63) is 56.5 Å². The van der Waals surface area contributed by atoms with Crippen LogP contribution in [0.4, 0.5) is 5.69 Å². The molecule has 2 aromatic rings. The molecule has 0 spiro atoms. The van der Waals surface area contributed by atoms with Crippen molar-refractivity contribution in [2.75, 3.05) is 5.73 Å². The van der Waals surface area contributed by atoms with Crippen LogP contribution in [0.2, 0.25) is 10.0 Å². The van der Waals surface area contributed by atoms with Crippen LogP contribution in [0.3, 0.4) is 0 Å². The second kappa shape index (κ2) is 6.20. The zero-order chi connectivity index (χ0) is 13.1. The fourth-order valence-electron chi connectivity index (χ4n) is 1.44. The molecule has 0 atom stereocenters. The minimum absolute atomic E-state index is 0.700. The summed E-state index contributed by atoms with van der Waals surface area (Å²) in [4.78, 5) is 1.13. The maximum Gasteiger partial charge on any atom is 0.0447 e. The van der Waals surface area contributed by atoms with E-state index in [-0.39, 0.29) is 0 Å². The number of rotatable bonds is 3. The Morgan fingerprint density at radius 2 is 1.89 bits per heavy atom. The summed E-state index contributed by atoms with van der Waals surface area (Å²) >= 11 is 17.3. The monoisotopic (exact) mass is 361 g/mol. The number of benzene rings is 2. The number of hydrogen-bond acceptors (Lipinski definition) is 2. The van der Waals surface area contributed by atoms with Crippen LogP contribution in [0.5, 0.6) is 0 Å². The molecule has 0 saturated heterocycles. The van der Waals surface area contributed by atoms with Crippen molar-refractivity contribution in [2.24, 2.45) is 0 Å². The average Bonchev–Trinajstić information content (AvgIpc) is 2.32. The molecule has 0 aromatic heterocycles. The Bertz CT molecular complexity index is 575. The first-order valence-electron chi connectivity index (χ1n) is 5.18. The van der Waals surface area contributed by atoms with E-state index in [2.05, 4.69) is 15.9 Å². The third kappa shape index (κ3) is 3.58. The Hall–Kier alpha value is -0.350. The van der Waals surface area contributed by atoms with Crippen LogP contribution >= 0.6 is 50.9 Å². The summed E-state index contributed by atoms with van der Waals surface area (Å²) in [6.45, 7) is 0. The molecule has 18 heavy (non-hydrogen) atoms. The van der Waals surface area contributed by atoms with Crippen LogP contribution in [0.1, 0.15) is 5.56 Å². The number of halogens is 3. The lowest BCUT2D eigenvalue weighted by Gasteiger charge is -2.07. The highest BCUT2D eigenvalue weighted by Crippen LogP contribution is 2.33. The van der Waals surface area contributed by atoms with Crippen LogP contribution in [-0.2, 0) is 5.75 Å². The zero-order valence-corrected chi connectivity index (χ0v) is 13.2. The molecule has 5 heteroatoms. The average molecular weight is 363 g/mol. The lowest BCUT2D eigenvalue weighted by atomic mass is 10.2. The Labute approximate surface area is 129 Å². The lowest BCUT2D eigenvalue weighted by Crippen LogP contribution is -1.86. The van der Waals surface area contributed by atoms with Crippen molar-refractivity contribution in [1.82, 2.24) is 0 Å². The predicted octanol–water partition coefficient (Wildman–Crippen LogP) is 5.63. The van der Waals surface area contributed by atoms with Gasteiger partial charge in [0.1, 0.15) is 0 Å². The summed E-state index contributed by atoms with van der Waals surface area (Å²) in [5, 5.41) is 1.44. The molecular weight excluding hydrogens is 353 g/mol. The molecule has 0 aliphatic heterocycles. The highest BCUT2D eigenvalue weighted by molar-refractivity contribution is 9.10. The van der Waals surface area contributed by atoms with Gasteiger partial charge in [-0.2, -0.15) is 0 Å². The molecule has 0 saturated carbocycles. The molecule has 0 fully saturated rings. The highest BCUT2D eigenvalue weighted by atomic mass is 79.9. The predicted molar refractivity (Wildman–Crippen MR) is 84.6 cm³/mol. The van der Waals surface area contributed by atoms with Crippen LogP contribution in [-0.4, -0.2) is 0 Å². The van der Waals surface area contributed by atoms with E-state index in [1.807, 2.05) is 30.3 Å². The highest BCUT2D eigenvalue weighted by Gasteiger charge is 2.05. The van der Waals surface area contributed by atoms with Crippen molar-refractivity contribution in [3.63, 3.8) is 0 Å². The van der Waals surface area contributed by atoms with Gasteiger partial charge in [0.05, 0.1) is 0 Å². The molecule has 0 radical (unpaired) electrons. The minimum atomic E-state index is 0.700. The molecule has 1 nitrogen and oxygen atoms in total. The topological polar surface area (TPSA) is 26.0 Å². The van der Waals surface area contributed by atoms with E-state index in [0.717, 1.165) is 31.4 Å². The van der Waals surface area contributed by atoms with Gasteiger partial charge in [-0.25, -0.2) is 0 Å². The van der Waals surface area contributed by atoms with Gasteiger partial charge in [-0.15, -0.1) is 11.8 Å². The van der Waals surface area contributed by atoms with Gasteiger partial charge >= 0.3 is 0 Å². The van der Waals surface area contributed by atoms with Crippen molar-refractivity contribution < 1.29 is 0 Å². The van der Waals surface area contributed by atoms with Crippen molar-refractivity contribution in [2.45, 2.75) is 10.6 Å². The summed E-state index contributed by atoms with van der Waals surface area (Å²) in [7, 11) is 0. The first-order valence-corrected chi connectivity index (χ1v) is 7.71. The molecule has 0 aliphatic carbocycles. The van der Waals surface area contributed by atoms with Crippen LogP contribution in [0.25, 0.3) is 0 Å². The summed E-state index contributed by atoms with van der Waals surface area (Å²) in [6.07, 6.45) is 0. The second-order valence-corrected chi connectivity index (χ2v) is 6.43. The third-order valence-corrected chi connectivity index (χ3v) is 4.99. The minimum Gasteiger partial charge on any atom is -0.399 e. The van der Waals surface area contributed by atoms with Gasteiger partial charge < -0.3 is 5.73 Å². The molecule has 0 aliphatic rings. The van der Waals surface area contributed by atoms with Gasteiger partial charge in [0.2, 0.25) is 0 Å². The Morgan fingerprint density at radius 3 is 2.61 bits per heavy atom. The first kappa shape index (κ1) is 14.1. The third-order valence-electron chi connectivity index (χ3n) is 2.35. The van der Waals surface area contributed by atoms with Crippen molar-refractivity contribution in [3.8, 4) is 0 Å². The smallest absolute Gasteiger partial charge is 0.0447 e. The summed E-state index contributed by atoms with van der Waals surface area (Å²) in [5.74, 6) is 0.766. The summed E-state index contributed by atoms with van der Waals surface area (Å²) in [6, 6.07) is 11.3. The number of anilines is 1. The Balaban J connectivity index is 2.13. The maximum atomic E-state index is 6.12. The van der Waals surface area contributed by atoms with Crippen LogP contribution < -0.4 is 5.73 Å². The van der Waals surface area contributed by atoms with Gasteiger partial charge in [-0.05, 0) is 57.9 Å².